The van der Waals surface area contributed by atoms with Gasteiger partial charge in [0.1, 0.15) is 0 Å². The maximum atomic E-state index is 12.4. The van der Waals surface area contributed by atoms with Crippen molar-refractivity contribution in [3.8, 4) is 0 Å². The molecule has 100 valence electrons. The summed E-state index contributed by atoms with van der Waals surface area (Å²) in [6, 6.07) is 3.95. The first-order valence-electron chi connectivity index (χ1n) is 6.49. The third-order valence-corrected chi connectivity index (χ3v) is 5.39. The molecular weight excluding hydrogens is 276 g/mol. The quantitative estimate of drug-likeness (QED) is 0.848. The number of nitrogens with zero attached hydrogens (tertiary/aromatic N) is 2. The van der Waals surface area contributed by atoms with Crippen LogP contribution in [0.2, 0.25) is 0 Å². The third kappa shape index (κ3) is 2.72. The summed E-state index contributed by atoms with van der Waals surface area (Å²) in [4.78, 5) is 20.9. The summed E-state index contributed by atoms with van der Waals surface area (Å²) in [5, 5.41) is 3.18. The van der Waals surface area contributed by atoms with Crippen LogP contribution in [0.1, 0.15) is 38.3 Å². The Morgan fingerprint density at radius 1 is 1.47 bits per heavy atom. The first-order valence-corrected chi connectivity index (χ1v) is 8.19. The van der Waals surface area contributed by atoms with Crippen molar-refractivity contribution in [2.75, 3.05) is 13.1 Å². The van der Waals surface area contributed by atoms with E-state index in [1.807, 2.05) is 35.5 Å². The number of hydrogen-bond acceptors (Lipinski definition) is 4. The van der Waals surface area contributed by atoms with E-state index in [4.69, 9.17) is 0 Å². The highest BCUT2D eigenvalue weighted by Gasteiger charge is 2.27. The molecule has 1 aliphatic rings. The van der Waals surface area contributed by atoms with E-state index in [9.17, 15) is 4.79 Å². The standard InChI is InChI=1S/C14H16N2OS2/c1-10-4-5-12(19-10)14(17)16-7-2-3-11(9-16)13-15-6-8-18-13/h4-6,8,11H,2-3,7,9H2,1H3/t11-/m0/s1. The van der Waals surface area contributed by atoms with Crippen LogP contribution < -0.4 is 0 Å². The Kier molecular flexibility index (Phi) is 3.66. The van der Waals surface area contributed by atoms with Crippen LogP contribution >= 0.6 is 22.7 Å². The van der Waals surface area contributed by atoms with Crippen LogP contribution in [0, 0.1) is 6.92 Å². The molecule has 0 bridgehead atoms. The van der Waals surface area contributed by atoms with E-state index in [0.29, 0.717) is 5.92 Å². The predicted octanol–water partition coefficient (Wildman–Crippen LogP) is 3.53. The van der Waals surface area contributed by atoms with Gasteiger partial charge in [-0.2, -0.15) is 0 Å². The zero-order valence-corrected chi connectivity index (χ0v) is 12.5. The van der Waals surface area contributed by atoms with Crippen molar-refractivity contribution in [1.82, 2.24) is 9.88 Å². The lowest BCUT2D eigenvalue weighted by molar-refractivity contribution is 0.0712. The third-order valence-electron chi connectivity index (χ3n) is 3.46. The van der Waals surface area contributed by atoms with Gasteiger partial charge < -0.3 is 4.90 Å². The van der Waals surface area contributed by atoms with Crippen molar-refractivity contribution >= 4 is 28.6 Å². The number of piperidine rings is 1. The number of amides is 1. The minimum atomic E-state index is 0.180. The average Bonchev–Trinajstić information content (AvgIpc) is 3.09. The normalized spacial score (nSPS) is 19.6. The highest BCUT2D eigenvalue weighted by Crippen LogP contribution is 2.29. The molecule has 1 atom stereocenters. The zero-order chi connectivity index (χ0) is 13.2. The Morgan fingerprint density at radius 2 is 2.37 bits per heavy atom. The summed E-state index contributed by atoms with van der Waals surface area (Å²) < 4.78 is 0. The Bertz CT molecular complexity index is 562. The lowest BCUT2D eigenvalue weighted by atomic mass is 9.98. The summed E-state index contributed by atoms with van der Waals surface area (Å²) in [7, 11) is 0. The second-order valence-electron chi connectivity index (χ2n) is 4.87. The molecule has 0 spiro atoms. The fourth-order valence-electron chi connectivity index (χ4n) is 2.50. The number of likely N-dealkylation sites (tertiary alicyclic amines) is 1. The van der Waals surface area contributed by atoms with E-state index in [-0.39, 0.29) is 5.91 Å². The van der Waals surface area contributed by atoms with Crippen molar-refractivity contribution in [2.24, 2.45) is 0 Å². The van der Waals surface area contributed by atoms with Gasteiger partial charge in [-0.1, -0.05) is 0 Å². The van der Waals surface area contributed by atoms with Crippen molar-refractivity contribution < 1.29 is 4.79 Å². The Labute approximate surface area is 120 Å². The fourth-order valence-corrected chi connectivity index (χ4v) is 4.11. The van der Waals surface area contributed by atoms with Crippen LogP contribution in [-0.4, -0.2) is 28.9 Å². The molecule has 19 heavy (non-hydrogen) atoms. The Morgan fingerprint density at radius 3 is 3.05 bits per heavy atom. The van der Waals surface area contributed by atoms with Gasteiger partial charge in [-0.05, 0) is 31.9 Å². The van der Waals surface area contributed by atoms with Crippen molar-refractivity contribution in [2.45, 2.75) is 25.7 Å². The molecule has 1 amide bonds. The van der Waals surface area contributed by atoms with E-state index >= 15 is 0 Å². The van der Waals surface area contributed by atoms with Gasteiger partial charge in [0.05, 0.1) is 9.88 Å². The zero-order valence-electron chi connectivity index (χ0n) is 10.8. The molecule has 2 aromatic rings. The molecule has 1 saturated heterocycles. The molecule has 0 N–H and O–H groups in total. The Balaban J connectivity index is 1.73. The highest BCUT2D eigenvalue weighted by atomic mass is 32.1. The maximum Gasteiger partial charge on any atom is 0.263 e. The molecule has 3 rings (SSSR count). The van der Waals surface area contributed by atoms with E-state index in [1.54, 1.807) is 22.7 Å². The van der Waals surface area contributed by atoms with Gasteiger partial charge in [-0.15, -0.1) is 22.7 Å². The number of hydrogen-bond donors (Lipinski definition) is 0. The largest absolute Gasteiger partial charge is 0.337 e. The smallest absolute Gasteiger partial charge is 0.263 e. The van der Waals surface area contributed by atoms with Crippen molar-refractivity contribution in [3.63, 3.8) is 0 Å². The second-order valence-corrected chi connectivity index (χ2v) is 7.09. The van der Waals surface area contributed by atoms with Crippen LogP contribution in [0.25, 0.3) is 0 Å². The van der Waals surface area contributed by atoms with Crippen LogP contribution in [0.4, 0.5) is 0 Å². The summed E-state index contributed by atoms with van der Waals surface area (Å²) in [6.45, 7) is 3.72. The van der Waals surface area contributed by atoms with Gasteiger partial charge in [0, 0.05) is 35.5 Å². The van der Waals surface area contributed by atoms with Crippen LogP contribution in [0.15, 0.2) is 23.7 Å². The minimum absolute atomic E-state index is 0.180. The number of rotatable bonds is 2. The number of thiophene rings is 1. The average molecular weight is 292 g/mol. The van der Waals surface area contributed by atoms with Crippen molar-refractivity contribution in [1.29, 1.82) is 0 Å². The first-order chi connectivity index (χ1) is 9.24. The lowest BCUT2D eigenvalue weighted by Crippen LogP contribution is -2.38. The summed E-state index contributed by atoms with van der Waals surface area (Å²) in [5.74, 6) is 0.595. The van der Waals surface area contributed by atoms with Crippen LogP contribution in [-0.2, 0) is 0 Å². The van der Waals surface area contributed by atoms with Gasteiger partial charge in [0.15, 0.2) is 0 Å². The van der Waals surface area contributed by atoms with Gasteiger partial charge >= 0.3 is 0 Å². The van der Waals surface area contributed by atoms with Gasteiger partial charge in [0.2, 0.25) is 0 Å². The molecule has 5 heteroatoms. The lowest BCUT2D eigenvalue weighted by Gasteiger charge is -2.31. The summed E-state index contributed by atoms with van der Waals surface area (Å²) in [6.07, 6.45) is 4.06. The second kappa shape index (κ2) is 5.43. The van der Waals surface area contributed by atoms with E-state index in [1.165, 1.54) is 9.88 Å². The first kappa shape index (κ1) is 12.8. The molecule has 1 fully saturated rings. The summed E-state index contributed by atoms with van der Waals surface area (Å²) in [5.41, 5.74) is 0. The highest BCUT2D eigenvalue weighted by molar-refractivity contribution is 7.13. The SMILES string of the molecule is Cc1ccc(C(=O)N2CCC[C@H](c3nccs3)C2)s1. The number of aryl methyl sites for hydroxylation is 1. The topological polar surface area (TPSA) is 33.2 Å². The van der Waals surface area contributed by atoms with Gasteiger partial charge in [0.25, 0.3) is 5.91 Å². The molecule has 0 aromatic carbocycles. The summed E-state index contributed by atoms with van der Waals surface area (Å²) >= 11 is 3.28. The predicted molar refractivity (Wildman–Crippen MR) is 79.0 cm³/mol. The van der Waals surface area contributed by atoms with Crippen LogP contribution in [0.5, 0.6) is 0 Å². The number of thiazole rings is 1. The molecule has 0 unspecified atom stereocenters. The Hall–Kier alpha value is -1.20. The molecule has 0 saturated carbocycles. The number of carbonyl (C=O) groups excluding carboxylic acids is 1. The molecule has 3 heterocycles. The molecular formula is C14H16N2OS2. The van der Waals surface area contributed by atoms with E-state index in [0.717, 1.165) is 30.8 Å². The van der Waals surface area contributed by atoms with Gasteiger partial charge in [-0.25, -0.2) is 4.98 Å². The number of aromatic nitrogens is 1. The minimum Gasteiger partial charge on any atom is -0.337 e. The van der Waals surface area contributed by atoms with E-state index < -0.39 is 0 Å². The molecule has 0 aliphatic carbocycles. The van der Waals surface area contributed by atoms with Crippen molar-refractivity contribution in [3.05, 3.63) is 38.5 Å². The maximum absolute atomic E-state index is 12.4. The fraction of sp³-hybridized carbons (Fsp3) is 0.429. The molecule has 1 aliphatic heterocycles. The van der Waals surface area contributed by atoms with Gasteiger partial charge in [-0.3, -0.25) is 4.79 Å². The number of carbonyl (C=O) groups is 1. The monoisotopic (exact) mass is 292 g/mol. The van der Waals surface area contributed by atoms with E-state index in [2.05, 4.69) is 4.98 Å². The molecule has 2 aromatic heterocycles. The van der Waals surface area contributed by atoms with Crippen LogP contribution in [0.3, 0.4) is 0 Å². The molecule has 0 radical (unpaired) electrons. The molecule has 3 nitrogen and oxygen atoms in total.